The molecule has 4 rings (SSSR count). The maximum absolute atomic E-state index is 13.2. The second-order valence-corrected chi connectivity index (χ2v) is 9.93. The molecule has 0 atom stereocenters. The number of methoxy groups -OCH3 is 1. The Balaban J connectivity index is 1.63. The Labute approximate surface area is 192 Å². The van der Waals surface area contributed by atoms with E-state index in [0.29, 0.717) is 47.1 Å². The van der Waals surface area contributed by atoms with Gasteiger partial charge in [0, 0.05) is 17.1 Å². The summed E-state index contributed by atoms with van der Waals surface area (Å²) in [6.45, 7) is 2.31. The summed E-state index contributed by atoms with van der Waals surface area (Å²) >= 11 is 5.91. The number of carbonyl (C=O) groups is 1. The van der Waals surface area contributed by atoms with Crippen LogP contribution < -0.4 is 14.4 Å². The number of hydrogen-bond donors (Lipinski definition) is 1. The molecule has 166 valence electrons. The molecule has 0 saturated carbocycles. The number of nitrogens with zero attached hydrogens (tertiary/aromatic N) is 1. The number of anilines is 2. The molecule has 0 radical (unpaired) electrons. The smallest absolute Gasteiger partial charge is 0.264 e. The van der Waals surface area contributed by atoms with Crippen molar-refractivity contribution in [3.05, 3.63) is 82.4 Å². The molecule has 0 saturated heterocycles. The van der Waals surface area contributed by atoms with E-state index in [-0.39, 0.29) is 10.8 Å². The van der Waals surface area contributed by atoms with Gasteiger partial charge < -0.3 is 10.1 Å². The first kappa shape index (κ1) is 22.2. The molecule has 8 heteroatoms. The Morgan fingerprint density at radius 2 is 1.81 bits per heavy atom. The summed E-state index contributed by atoms with van der Waals surface area (Å²) in [5, 5.41) is 3.37. The zero-order chi connectivity index (χ0) is 22.9. The average molecular weight is 471 g/mol. The van der Waals surface area contributed by atoms with Crippen molar-refractivity contribution in [3.63, 3.8) is 0 Å². The number of benzene rings is 3. The Morgan fingerprint density at radius 1 is 1.06 bits per heavy atom. The molecule has 1 amide bonds. The van der Waals surface area contributed by atoms with Crippen LogP contribution in [0.5, 0.6) is 5.75 Å². The van der Waals surface area contributed by atoms with Gasteiger partial charge in [0.1, 0.15) is 5.75 Å². The molecule has 3 aromatic carbocycles. The standard InChI is InChI=1S/C24H23ClN2O4S/c1-16-5-12-23(31-2)21(14-16)26-24(28)18-6-11-22-17(15-18)4-3-13-27(22)32(29,30)20-9-7-19(25)8-10-20/h5-12,14-15H,3-4,13H2,1-2H3,(H,26,28). The van der Waals surface area contributed by atoms with Gasteiger partial charge in [-0.3, -0.25) is 9.10 Å². The van der Waals surface area contributed by atoms with Crippen LogP contribution in [0.4, 0.5) is 11.4 Å². The third-order valence-corrected chi connectivity index (χ3v) is 7.50. The summed E-state index contributed by atoms with van der Waals surface area (Å²) < 4.78 is 33.2. The molecule has 0 fully saturated rings. The van der Waals surface area contributed by atoms with Crippen molar-refractivity contribution >= 4 is 38.9 Å². The van der Waals surface area contributed by atoms with Crippen LogP contribution in [0.25, 0.3) is 0 Å². The second-order valence-electron chi connectivity index (χ2n) is 7.64. The average Bonchev–Trinajstić information content (AvgIpc) is 2.78. The first-order valence-corrected chi connectivity index (χ1v) is 12.0. The fourth-order valence-electron chi connectivity index (χ4n) is 3.80. The minimum absolute atomic E-state index is 0.183. The van der Waals surface area contributed by atoms with Gasteiger partial charge in [0.05, 0.1) is 23.4 Å². The number of halogens is 1. The van der Waals surface area contributed by atoms with Crippen LogP contribution in [-0.2, 0) is 16.4 Å². The highest BCUT2D eigenvalue weighted by molar-refractivity contribution is 7.92. The zero-order valence-corrected chi connectivity index (χ0v) is 19.3. The predicted molar refractivity (Wildman–Crippen MR) is 126 cm³/mol. The highest BCUT2D eigenvalue weighted by Crippen LogP contribution is 2.33. The minimum Gasteiger partial charge on any atom is -0.495 e. The molecule has 6 nitrogen and oxygen atoms in total. The second kappa shape index (κ2) is 8.84. The first-order chi connectivity index (χ1) is 15.3. The molecule has 0 spiro atoms. The Kier molecular flexibility index (Phi) is 6.13. The lowest BCUT2D eigenvalue weighted by Crippen LogP contribution is -2.35. The number of amides is 1. The van der Waals surface area contributed by atoms with Crippen molar-refractivity contribution in [1.82, 2.24) is 0 Å². The molecule has 0 unspecified atom stereocenters. The van der Waals surface area contributed by atoms with Gasteiger partial charge in [0.15, 0.2) is 0 Å². The van der Waals surface area contributed by atoms with Gasteiger partial charge >= 0.3 is 0 Å². The fraction of sp³-hybridized carbons (Fsp3) is 0.208. The number of sulfonamides is 1. The van der Waals surface area contributed by atoms with Crippen LogP contribution in [0.15, 0.2) is 65.6 Å². The van der Waals surface area contributed by atoms with E-state index in [2.05, 4.69) is 5.32 Å². The molecular formula is C24H23ClN2O4S. The number of aryl methyl sites for hydroxylation is 2. The quantitative estimate of drug-likeness (QED) is 0.566. The topological polar surface area (TPSA) is 75.7 Å². The largest absolute Gasteiger partial charge is 0.495 e. The number of ether oxygens (including phenoxy) is 1. The van der Waals surface area contributed by atoms with Crippen molar-refractivity contribution < 1.29 is 17.9 Å². The molecule has 32 heavy (non-hydrogen) atoms. The number of fused-ring (bicyclic) bond motifs is 1. The summed E-state index contributed by atoms with van der Waals surface area (Å²) in [5.74, 6) is 0.288. The van der Waals surface area contributed by atoms with Crippen LogP contribution in [0.2, 0.25) is 5.02 Å². The maximum atomic E-state index is 13.2. The molecule has 1 aliphatic rings. The molecule has 1 heterocycles. The number of hydrogen-bond acceptors (Lipinski definition) is 4. The van der Waals surface area contributed by atoms with Crippen LogP contribution in [0.1, 0.15) is 27.9 Å². The normalized spacial score (nSPS) is 13.4. The fourth-order valence-corrected chi connectivity index (χ4v) is 5.47. The van der Waals surface area contributed by atoms with Gasteiger partial charge in [0.25, 0.3) is 15.9 Å². The van der Waals surface area contributed by atoms with Crippen molar-refractivity contribution in [1.29, 1.82) is 0 Å². The van der Waals surface area contributed by atoms with E-state index in [1.165, 1.54) is 16.4 Å². The maximum Gasteiger partial charge on any atom is 0.264 e. The van der Waals surface area contributed by atoms with E-state index in [1.807, 2.05) is 19.1 Å². The van der Waals surface area contributed by atoms with Gasteiger partial charge in [-0.1, -0.05) is 17.7 Å². The lowest BCUT2D eigenvalue weighted by Gasteiger charge is -2.30. The van der Waals surface area contributed by atoms with Gasteiger partial charge in [-0.25, -0.2) is 8.42 Å². The Morgan fingerprint density at radius 3 is 2.53 bits per heavy atom. The molecule has 0 aromatic heterocycles. The lowest BCUT2D eigenvalue weighted by atomic mass is 10.0. The summed E-state index contributed by atoms with van der Waals surface area (Å²) in [5.41, 5.74) is 3.45. The molecule has 1 N–H and O–H groups in total. The van der Waals surface area contributed by atoms with Gasteiger partial charge in [-0.05, 0) is 85.5 Å². The third-order valence-electron chi connectivity index (χ3n) is 5.42. The van der Waals surface area contributed by atoms with Crippen molar-refractivity contribution in [2.75, 3.05) is 23.3 Å². The van der Waals surface area contributed by atoms with Crippen molar-refractivity contribution in [2.24, 2.45) is 0 Å². The summed E-state index contributed by atoms with van der Waals surface area (Å²) in [6, 6.07) is 16.8. The van der Waals surface area contributed by atoms with E-state index in [0.717, 1.165) is 11.1 Å². The zero-order valence-electron chi connectivity index (χ0n) is 17.8. The Hall–Kier alpha value is -3.03. The summed E-state index contributed by atoms with van der Waals surface area (Å²) in [6.07, 6.45) is 1.35. The van der Waals surface area contributed by atoms with Crippen LogP contribution >= 0.6 is 11.6 Å². The number of rotatable bonds is 5. The molecule has 3 aromatic rings. The van der Waals surface area contributed by atoms with E-state index in [4.69, 9.17) is 16.3 Å². The molecule has 0 aliphatic carbocycles. The molecule has 0 bridgehead atoms. The van der Waals surface area contributed by atoms with Crippen molar-refractivity contribution in [2.45, 2.75) is 24.7 Å². The molecule has 1 aliphatic heterocycles. The molecular weight excluding hydrogens is 448 g/mol. The van der Waals surface area contributed by atoms with E-state index < -0.39 is 10.0 Å². The minimum atomic E-state index is -3.73. The van der Waals surface area contributed by atoms with E-state index in [1.54, 1.807) is 43.5 Å². The third kappa shape index (κ3) is 4.31. The van der Waals surface area contributed by atoms with Crippen LogP contribution in [0, 0.1) is 6.92 Å². The Bertz CT molecular complexity index is 1270. The van der Waals surface area contributed by atoms with Crippen molar-refractivity contribution in [3.8, 4) is 5.75 Å². The SMILES string of the molecule is COc1ccc(C)cc1NC(=O)c1ccc2c(c1)CCCN2S(=O)(=O)c1ccc(Cl)cc1. The van der Waals surface area contributed by atoms with Gasteiger partial charge in [0.2, 0.25) is 0 Å². The van der Waals surface area contributed by atoms with Crippen LogP contribution in [-0.4, -0.2) is 28.0 Å². The summed E-state index contributed by atoms with van der Waals surface area (Å²) in [4.78, 5) is 13.1. The lowest BCUT2D eigenvalue weighted by molar-refractivity contribution is 0.102. The number of nitrogens with one attached hydrogen (secondary N) is 1. The first-order valence-electron chi connectivity index (χ1n) is 10.2. The van der Waals surface area contributed by atoms with E-state index >= 15 is 0 Å². The van der Waals surface area contributed by atoms with Crippen LogP contribution in [0.3, 0.4) is 0 Å². The highest BCUT2D eigenvalue weighted by Gasteiger charge is 2.29. The van der Waals surface area contributed by atoms with E-state index in [9.17, 15) is 13.2 Å². The highest BCUT2D eigenvalue weighted by atomic mass is 35.5. The number of carbonyl (C=O) groups excluding carboxylic acids is 1. The van der Waals surface area contributed by atoms with Gasteiger partial charge in [-0.2, -0.15) is 0 Å². The monoisotopic (exact) mass is 470 g/mol. The van der Waals surface area contributed by atoms with Gasteiger partial charge in [-0.15, -0.1) is 0 Å². The summed E-state index contributed by atoms with van der Waals surface area (Å²) in [7, 11) is -2.18. The predicted octanol–water partition coefficient (Wildman–Crippen LogP) is 5.05.